The van der Waals surface area contributed by atoms with E-state index < -0.39 is 5.97 Å². The molecule has 1 atom stereocenters. The zero-order valence-corrected chi connectivity index (χ0v) is 13.0. The topological polar surface area (TPSA) is 98.7 Å². The van der Waals surface area contributed by atoms with Crippen LogP contribution in [-0.4, -0.2) is 61.5 Å². The average molecular weight is 294 g/mol. The van der Waals surface area contributed by atoms with Crippen molar-refractivity contribution in [2.75, 3.05) is 27.7 Å². The van der Waals surface area contributed by atoms with Gasteiger partial charge in [0.15, 0.2) is 0 Å². The number of hydrogen-bond acceptors (Lipinski definition) is 4. The van der Waals surface area contributed by atoms with Gasteiger partial charge in [-0.25, -0.2) is 0 Å². The number of nitrogens with zero attached hydrogens (tertiary/aromatic N) is 1. The Labute approximate surface area is 120 Å². The molecule has 118 valence electrons. The maximum absolute atomic E-state index is 11.5. The maximum Gasteiger partial charge on any atom is 0.300 e. The summed E-state index contributed by atoms with van der Waals surface area (Å²) in [5.41, 5.74) is 0. The van der Waals surface area contributed by atoms with E-state index in [1.54, 1.807) is 7.05 Å². The van der Waals surface area contributed by atoms with E-state index in [2.05, 4.69) is 10.6 Å². The van der Waals surface area contributed by atoms with E-state index in [9.17, 15) is 9.59 Å². The Morgan fingerprint density at radius 1 is 1.15 bits per heavy atom. The van der Waals surface area contributed by atoms with Crippen LogP contribution < -0.4 is 10.6 Å². The summed E-state index contributed by atoms with van der Waals surface area (Å²) in [6.07, 6.45) is 2.64. The molecular formula is C13H27N3O4. The summed E-state index contributed by atoms with van der Waals surface area (Å²) >= 11 is 0. The van der Waals surface area contributed by atoms with Crippen LogP contribution in [-0.2, 0) is 14.4 Å². The smallest absolute Gasteiger partial charge is 0.300 e. The van der Waals surface area contributed by atoms with Crippen molar-refractivity contribution in [1.82, 2.24) is 15.5 Å². The molecule has 2 amide bonds. The number of nitrogens with one attached hydrogen (secondary N) is 2. The van der Waals surface area contributed by atoms with E-state index in [4.69, 9.17) is 9.90 Å². The molecule has 0 heterocycles. The van der Waals surface area contributed by atoms with Gasteiger partial charge in [0.05, 0.1) is 6.04 Å². The van der Waals surface area contributed by atoms with Crippen LogP contribution in [0.5, 0.6) is 0 Å². The maximum atomic E-state index is 11.5. The lowest BCUT2D eigenvalue weighted by molar-refractivity contribution is -0.134. The molecule has 0 aromatic heterocycles. The molecule has 7 nitrogen and oxygen atoms in total. The lowest BCUT2D eigenvalue weighted by Crippen LogP contribution is -2.42. The highest BCUT2D eigenvalue weighted by molar-refractivity contribution is 5.81. The molecule has 3 N–H and O–H groups in total. The number of hydrogen-bond donors (Lipinski definition) is 3. The summed E-state index contributed by atoms with van der Waals surface area (Å²) in [4.78, 5) is 33.0. The van der Waals surface area contributed by atoms with E-state index in [1.165, 1.54) is 6.92 Å². The molecular weight excluding hydrogens is 267 g/mol. The van der Waals surface area contributed by atoms with Gasteiger partial charge in [0.2, 0.25) is 11.8 Å². The first-order valence-electron chi connectivity index (χ1n) is 6.54. The fraction of sp³-hybridized carbons (Fsp3) is 0.769. The molecule has 0 aliphatic carbocycles. The third-order valence-electron chi connectivity index (χ3n) is 2.45. The van der Waals surface area contributed by atoms with E-state index in [1.807, 2.05) is 19.0 Å². The molecule has 0 rings (SSSR count). The molecule has 0 fully saturated rings. The first-order chi connectivity index (χ1) is 9.22. The SMILES string of the molecule is C[13C](=O)[15NH]CCCCC(C(=O)N[13CH3])N(C)C.[13CH3][13C](=O)O. The third-order valence-corrected chi connectivity index (χ3v) is 2.45. The van der Waals surface area contributed by atoms with Crippen molar-refractivity contribution in [3.05, 3.63) is 0 Å². The highest BCUT2D eigenvalue weighted by Gasteiger charge is 2.18. The molecule has 0 saturated carbocycles. The summed E-state index contributed by atoms with van der Waals surface area (Å²) in [6.45, 7) is 3.27. The summed E-state index contributed by atoms with van der Waals surface area (Å²) in [5, 5.41) is 12.8. The molecule has 7 heteroatoms. The molecule has 1 unspecified atom stereocenters. The van der Waals surface area contributed by atoms with Crippen molar-refractivity contribution < 1.29 is 19.5 Å². The zero-order valence-electron chi connectivity index (χ0n) is 13.0. The minimum atomic E-state index is -0.833. The van der Waals surface area contributed by atoms with Crippen LogP contribution in [0.25, 0.3) is 0 Å². The second kappa shape index (κ2) is 12.4. The van der Waals surface area contributed by atoms with E-state index in [0.717, 1.165) is 26.2 Å². The Hall–Kier alpha value is -1.63. The Balaban J connectivity index is 0. The minimum Gasteiger partial charge on any atom is -0.481 e. The van der Waals surface area contributed by atoms with E-state index in [0.29, 0.717) is 6.54 Å². The fourth-order valence-corrected chi connectivity index (χ4v) is 1.52. The van der Waals surface area contributed by atoms with Crippen molar-refractivity contribution in [2.24, 2.45) is 0 Å². The lowest BCUT2D eigenvalue weighted by atomic mass is 10.1. The van der Waals surface area contributed by atoms with Crippen LogP contribution in [0.15, 0.2) is 0 Å². The lowest BCUT2D eigenvalue weighted by Gasteiger charge is -2.22. The van der Waals surface area contributed by atoms with Gasteiger partial charge < -0.3 is 15.7 Å². The van der Waals surface area contributed by atoms with Gasteiger partial charge in [0.1, 0.15) is 0 Å². The number of carbonyl (C=O) groups excluding carboxylic acids is 2. The number of unbranched alkanes of at least 4 members (excludes halogenated alkanes) is 1. The van der Waals surface area contributed by atoms with Crippen molar-refractivity contribution in [1.29, 1.82) is 0 Å². The molecule has 20 heavy (non-hydrogen) atoms. The third kappa shape index (κ3) is 14.4. The number of carboxylic acids is 1. The molecule has 0 aromatic carbocycles. The first-order valence-corrected chi connectivity index (χ1v) is 6.54. The largest absolute Gasteiger partial charge is 0.481 e. The van der Waals surface area contributed by atoms with Crippen molar-refractivity contribution >= 4 is 17.8 Å². The Morgan fingerprint density at radius 2 is 1.65 bits per heavy atom. The van der Waals surface area contributed by atoms with E-state index >= 15 is 0 Å². The van der Waals surface area contributed by atoms with Gasteiger partial charge >= 0.3 is 0 Å². The Morgan fingerprint density at radius 3 is 2.00 bits per heavy atom. The predicted octanol–water partition coefficient (Wildman–Crippen LogP) is 0.0599. The molecule has 0 aliphatic rings. The number of aliphatic carboxylic acids is 1. The second-order valence-electron chi connectivity index (χ2n) is 4.59. The standard InChI is InChI=1S/C11H23N3O2.C2H4O2/c1-9(15)13-8-6-5-7-10(14(3)4)11(16)12-2;1-2(3)4/h10H,5-8H2,1-4H3,(H,12,16)(H,13,15);1H3,(H,3,4)/i2+1,9+1,13+1;1+1,2+1. The molecule has 0 radical (unpaired) electrons. The molecule has 0 bridgehead atoms. The predicted molar refractivity (Wildman–Crippen MR) is 77.4 cm³/mol. The minimum absolute atomic E-state index is 0.00420. The van der Waals surface area contributed by atoms with Crippen LogP contribution in [0.4, 0.5) is 0 Å². The molecule has 0 aromatic rings. The fourth-order valence-electron chi connectivity index (χ4n) is 1.52. The van der Waals surface area contributed by atoms with Gasteiger partial charge in [0.25, 0.3) is 5.97 Å². The highest BCUT2D eigenvalue weighted by Crippen LogP contribution is 2.05. The number of carbonyl (C=O) groups is 3. The van der Waals surface area contributed by atoms with Crippen LogP contribution in [0.2, 0.25) is 0 Å². The van der Waals surface area contributed by atoms with Crippen LogP contribution in [0, 0.1) is 0 Å². The number of carboxylic acid groups (broad SMARTS) is 1. The van der Waals surface area contributed by atoms with Crippen molar-refractivity contribution in [2.45, 2.75) is 39.2 Å². The van der Waals surface area contributed by atoms with Crippen LogP contribution >= 0.6 is 0 Å². The average Bonchev–Trinajstić information content (AvgIpc) is 2.31. The van der Waals surface area contributed by atoms with Gasteiger partial charge in [-0.2, -0.15) is 0 Å². The number of amides is 2. The highest BCUT2D eigenvalue weighted by atomic mass is 16.5. The Kier molecular flexibility index (Phi) is 12.8. The summed E-state index contributed by atoms with van der Waals surface area (Å²) in [5.74, 6) is -0.792. The summed E-state index contributed by atoms with van der Waals surface area (Å²) in [7, 11) is 5.44. The second-order valence-corrected chi connectivity index (χ2v) is 4.59. The van der Waals surface area contributed by atoms with Gasteiger partial charge in [0, 0.05) is 27.4 Å². The normalized spacial score (nSPS) is 11.1. The van der Waals surface area contributed by atoms with Crippen molar-refractivity contribution in [3.63, 3.8) is 0 Å². The number of rotatable bonds is 7. The Bertz CT molecular complexity index is 302. The van der Waals surface area contributed by atoms with Gasteiger partial charge in [-0.15, -0.1) is 0 Å². The quantitative estimate of drug-likeness (QED) is 0.350. The monoisotopic (exact) mass is 294 g/mol. The van der Waals surface area contributed by atoms with Gasteiger partial charge in [-0.1, -0.05) is 0 Å². The van der Waals surface area contributed by atoms with Gasteiger partial charge in [-0.05, 0) is 33.4 Å². The summed E-state index contributed by atoms with van der Waals surface area (Å²) in [6, 6.07) is -0.0812. The van der Waals surface area contributed by atoms with Crippen molar-refractivity contribution in [3.8, 4) is 0 Å². The van der Waals surface area contributed by atoms with Crippen LogP contribution in [0.3, 0.4) is 0 Å². The van der Waals surface area contributed by atoms with E-state index in [-0.39, 0.29) is 17.9 Å². The molecule has 0 spiro atoms. The molecule has 0 aliphatic heterocycles. The van der Waals surface area contributed by atoms with Crippen LogP contribution in [0.1, 0.15) is 33.1 Å². The summed E-state index contributed by atoms with van der Waals surface area (Å²) < 4.78 is 0. The first kappa shape index (κ1) is 20.7. The van der Waals surface area contributed by atoms with Gasteiger partial charge in [-0.3, -0.25) is 19.3 Å². The molecule has 0 saturated heterocycles. The zero-order chi connectivity index (χ0) is 16.1. The number of likely N-dealkylation sites (N-methyl/N-ethyl adjacent to an activating group) is 2.